The molecule has 0 radical (unpaired) electrons. The van der Waals surface area contributed by atoms with Gasteiger partial charge in [0.15, 0.2) is 5.16 Å². The molecule has 0 fully saturated rings. The number of thiophene rings is 1. The molecule has 0 aliphatic heterocycles. The smallest absolute Gasteiger partial charge is 0.341 e. The first-order valence-corrected chi connectivity index (χ1v) is 11.4. The number of anilines is 1. The highest BCUT2D eigenvalue weighted by molar-refractivity contribution is 7.99. The van der Waals surface area contributed by atoms with Gasteiger partial charge in [-0.25, -0.2) is 4.79 Å². The summed E-state index contributed by atoms with van der Waals surface area (Å²) < 4.78 is 6.99. The van der Waals surface area contributed by atoms with Crippen molar-refractivity contribution in [1.29, 1.82) is 0 Å². The minimum atomic E-state index is -0.481. The van der Waals surface area contributed by atoms with Gasteiger partial charge in [0.1, 0.15) is 16.4 Å². The molecule has 0 saturated heterocycles. The van der Waals surface area contributed by atoms with Crippen LogP contribution in [0.3, 0.4) is 0 Å². The second-order valence-electron chi connectivity index (χ2n) is 6.76. The molecule has 0 unspecified atom stereocenters. The maximum absolute atomic E-state index is 12.6. The number of amides is 1. The van der Waals surface area contributed by atoms with Crippen molar-refractivity contribution in [2.24, 2.45) is 0 Å². The van der Waals surface area contributed by atoms with E-state index < -0.39 is 5.97 Å². The largest absolute Gasteiger partial charge is 0.465 e. The summed E-state index contributed by atoms with van der Waals surface area (Å²) in [7, 11) is 1.33. The molecule has 3 rings (SSSR count). The number of rotatable bonds is 8. The number of nitrogens with zero attached hydrogens (tertiary/aromatic N) is 3. The minimum absolute atomic E-state index is 0.160. The molecule has 0 aliphatic rings. The molecule has 0 aliphatic carbocycles. The molecule has 0 bridgehead atoms. The summed E-state index contributed by atoms with van der Waals surface area (Å²) in [6.45, 7) is 6.15. The van der Waals surface area contributed by atoms with Crippen LogP contribution in [0.1, 0.15) is 43.0 Å². The van der Waals surface area contributed by atoms with Crippen LogP contribution in [0.5, 0.6) is 0 Å². The molecule has 3 aromatic rings. The summed E-state index contributed by atoms with van der Waals surface area (Å²) >= 11 is 2.63. The van der Waals surface area contributed by atoms with E-state index in [2.05, 4.69) is 29.4 Å². The van der Waals surface area contributed by atoms with E-state index in [9.17, 15) is 9.59 Å². The van der Waals surface area contributed by atoms with Gasteiger partial charge in [-0.2, -0.15) is 0 Å². The number of methoxy groups -OCH3 is 1. The van der Waals surface area contributed by atoms with E-state index in [1.807, 2.05) is 47.2 Å². The van der Waals surface area contributed by atoms with E-state index in [0.29, 0.717) is 15.7 Å². The molecular formula is C21H24N4O3S2. The van der Waals surface area contributed by atoms with E-state index in [1.165, 1.54) is 30.2 Å². The van der Waals surface area contributed by atoms with Gasteiger partial charge in [-0.3, -0.25) is 4.79 Å². The van der Waals surface area contributed by atoms with Crippen molar-refractivity contribution in [2.75, 3.05) is 18.2 Å². The first-order valence-electron chi connectivity index (χ1n) is 9.57. The van der Waals surface area contributed by atoms with Crippen LogP contribution in [-0.2, 0) is 16.0 Å². The first-order chi connectivity index (χ1) is 14.5. The lowest BCUT2D eigenvalue weighted by Crippen LogP contribution is -2.16. The SMILES string of the molecule is CCc1nnc(SCC(=O)Nc2scc(-c3ccccc3)c2C(=O)OC)n1C(C)C. The number of ether oxygens (including phenoxy) is 1. The van der Waals surface area contributed by atoms with E-state index in [4.69, 9.17) is 4.74 Å². The second-order valence-corrected chi connectivity index (χ2v) is 8.59. The van der Waals surface area contributed by atoms with Gasteiger partial charge in [0.05, 0.1) is 12.9 Å². The van der Waals surface area contributed by atoms with Crippen LogP contribution < -0.4 is 5.32 Å². The fraction of sp³-hybridized carbons (Fsp3) is 0.333. The van der Waals surface area contributed by atoms with Crippen molar-refractivity contribution in [2.45, 2.75) is 38.4 Å². The Morgan fingerprint density at radius 1 is 1.23 bits per heavy atom. The average molecular weight is 445 g/mol. The Bertz CT molecular complexity index is 1030. The van der Waals surface area contributed by atoms with E-state index in [1.54, 1.807) is 0 Å². The van der Waals surface area contributed by atoms with Gasteiger partial charge in [0, 0.05) is 23.4 Å². The van der Waals surface area contributed by atoms with Crippen LogP contribution >= 0.6 is 23.1 Å². The molecule has 0 saturated carbocycles. The molecular weight excluding hydrogens is 420 g/mol. The first kappa shape index (κ1) is 22.0. The molecule has 158 valence electrons. The fourth-order valence-electron chi connectivity index (χ4n) is 3.04. The lowest BCUT2D eigenvalue weighted by atomic mass is 10.0. The Morgan fingerprint density at radius 2 is 1.97 bits per heavy atom. The summed E-state index contributed by atoms with van der Waals surface area (Å²) in [5.41, 5.74) is 1.99. The Labute approximate surface area is 183 Å². The van der Waals surface area contributed by atoms with Gasteiger partial charge in [-0.1, -0.05) is 49.0 Å². The number of benzene rings is 1. The zero-order valence-corrected chi connectivity index (χ0v) is 19.0. The predicted octanol–water partition coefficient (Wildman–Crippen LogP) is 4.67. The van der Waals surface area contributed by atoms with Gasteiger partial charge in [-0.15, -0.1) is 21.5 Å². The Kier molecular flexibility index (Phi) is 7.28. The van der Waals surface area contributed by atoms with Gasteiger partial charge in [0.25, 0.3) is 0 Å². The molecule has 1 N–H and O–H groups in total. The molecule has 9 heteroatoms. The molecule has 2 aromatic heterocycles. The number of hydrogen-bond donors (Lipinski definition) is 1. The number of thioether (sulfide) groups is 1. The zero-order chi connectivity index (χ0) is 21.7. The van der Waals surface area contributed by atoms with Gasteiger partial charge < -0.3 is 14.6 Å². The van der Waals surface area contributed by atoms with Crippen LogP contribution in [0.15, 0.2) is 40.9 Å². The molecule has 1 amide bonds. The molecule has 0 spiro atoms. The Hall–Kier alpha value is -2.65. The average Bonchev–Trinajstić information content (AvgIpc) is 3.36. The lowest BCUT2D eigenvalue weighted by molar-refractivity contribution is -0.113. The van der Waals surface area contributed by atoms with Crippen LogP contribution in [0.25, 0.3) is 11.1 Å². The fourth-order valence-corrected chi connectivity index (χ4v) is 4.90. The van der Waals surface area contributed by atoms with Crippen molar-refractivity contribution in [3.8, 4) is 11.1 Å². The minimum Gasteiger partial charge on any atom is -0.465 e. The summed E-state index contributed by atoms with van der Waals surface area (Å²) in [5, 5.41) is 14.3. The molecule has 7 nitrogen and oxygen atoms in total. The monoisotopic (exact) mass is 444 g/mol. The van der Waals surface area contributed by atoms with Gasteiger partial charge in [-0.05, 0) is 19.4 Å². The normalized spacial score (nSPS) is 11.0. The summed E-state index contributed by atoms with van der Waals surface area (Å²) in [5.74, 6) is 0.355. The molecule has 2 heterocycles. The van der Waals surface area contributed by atoms with Crippen LogP contribution in [-0.4, -0.2) is 39.5 Å². The van der Waals surface area contributed by atoms with Crippen molar-refractivity contribution in [3.63, 3.8) is 0 Å². The predicted molar refractivity (Wildman–Crippen MR) is 120 cm³/mol. The summed E-state index contributed by atoms with van der Waals surface area (Å²) in [4.78, 5) is 25.0. The number of hydrogen-bond acceptors (Lipinski definition) is 7. The highest BCUT2D eigenvalue weighted by Gasteiger charge is 2.23. The van der Waals surface area contributed by atoms with Crippen LogP contribution in [0, 0.1) is 0 Å². The zero-order valence-electron chi connectivity index (χ0n) is 17.3. The highest BCUT2D eigenvalue weighted by atomic mass is 32.2. The van der Waals surface area contributed by atoms with Crippen molar-refractivity contribution in [1.82, 2.24) is 14.8 Å². The third-order valence-corrected chi connectivity index (χ3v) is 6.26. The topological polar surface area (TPSA) is 86.1 Å². The molecule has 1 aromatic carbocycles. The van der Waals surface area contributed by atoms with Crippen LogP contribution in [0.2, 0.25) is 0 Å². The summed E-state index contributed by atoms with van der Waals surface area (Å²) in [6, 6.07) is 9.75. The van der Waals surface area contributed by atoms with Crippen LogP contribution in [0.4, 0.5) is 5.00 Å². The van der Waals surface area contributed by atoms with Crippen molar-refractivity contribution >= 4 is 40.0 Å². The number of nitrogens with one attached hydrogen (secondary N) is 1. The standard InChI is InChI=1S/C21H24N4O3S2/c1-5-16-23-24-21(25(16)13(2)3)30-12-17(26)22-19-18(20(27)28-4)15(11-29-19)14-9-7-6-8-10-14/h6-11,13H,5,12H2,1-4H3,(H,22,26). The van der Waals surface area contributed by atoms with E-state index in [-0.39, 0.29) is 17.7 Å². The Balaban J connectivity index is 1.77. The van der Waals surface area contributed by atoms with Crippen molar-refractivity contribution in [3.05, 3.63) is 47.1 Å². The molecule has 30 heavy (non-hydrogen) atoms. The second kappa shape index (κ2) is 9.90. The van der Waals surface area contributed by atoms with Gasteiger partial charge in [0.2, 0.25) is 5.91 Å². The number of carbonyl (C=O) groups is 2. The lowest BCUT2D eigenvalue weighted by Gasteiger charge is -2.12. The highest BCUT2D eigenvalue weighted by Crippen LogP contribution is 2.36. The maximum Gasteiger partial charge on any atom is 0.341 e. The summed E-state index contributed by atoms with van der Waals surface area (Å²) in [6.07, 6.45) is 0.776. The number of carbonyl (C=O) groups excluding carboxylic acids is 2. The number of aromatic nitrogens is 3. The third-order valence-electron chi connectivity index (χ3n) is 4.42. The quantitative estimate of drug-likeness (QED) is 0.401. The number of esters is 1. The maximum atomic E-state index is 12.6. The molecule has 0 atom stereocenters. The van der Waals surface area contributed by atoms with Gasteiger partial charge >= 0.3 is 5.97 Å². The van der Waals surface area contributed by atoms with E-state index >= 15 is 0 Å². The van der Waals surface area contributed by atoms with E-state index in [0.717, 1.165) is 23.4 Å². The number of aryl methyl sites for hydroxylation is 1. The third kappa shape index (κ3) is 4.73. The van der Waals surface area contributed by atoms with Crippen molar-refractivity contribution < 1.29 is 14.3 Å². The Morgan fingerprint density at radius 3 is 2.60 bits per heavy atom.